The summed E-state index contributed by atoms with van der Waals surface area (Å²) in [7, 11) is 0. The summed E-state index contributed by atoms with van der Waals surface area (Å²) in [6, 6.07) is 0. The third kappa shape index (κ3) is 2.33. The number of nitrogen functional groups attached to an aromatic ring is 1. The van der Waals surface area contributed by atoms with Crippen molar-refractivity contribution in [3.8, 4) is 0 Å². The fourth-order valence-electron chi connectivity index (χ4n) is 1.59. The van der Waals surface area contributed by atoms with Gasteiger partial charge < -0.3 is 16.0 Å². The van der Waals surface area contributed by atoms with Crippen molar-refractivity contribution in [3.05, 3.63) is 11.5 Å². The Morgan fingerprint density at radius 1 is 1.50 bits per heavy atom. The summed E-state index contributed by atoms with van der Waals surface area (Å²) in [5, 5.41) is 2.94. The molecular formula is C9H12ClN5O. The molecule has 0 atom stereocenters. The lowest BCUT2D eigenvalue weighted by Crippen LogP contribution is -2.29. The van der Waals surface area contributed by atoms with E-state index in [0.29, 0.717) is 37.6 Å². The van der Waals surface area contributed by atoms with Crippen molar-refractivity contribution >= 4 is 29.0 Å². The predicted octanol–water partition coefficient (Wildman–Crippen LogP) is 0.0385. The molecule has 1 amide bonds. The van der Waals surface area contributed by atoms with Crippen LogP contribution in [0, 0.1) is 0 Å². The normalized spacial score (nSPS) is 16.8. The van der Waals surface area contributed by atoms with Crippen LogP contribution in [-0.4, -0.2) is 35.5 Å². The highest BCUT2D eigenvalue weighted by Crippen LogP contribution is 2.21. The Labute approximate surface area is 97.8 Å². The standard InChI is InChI=1S/C9H12ClN5O/c10-9-13-5-6(11)8(14-9)15-3-1-7(16)12-2-4-15/h5H,1-4,11H2,(H,12,16). The fourth-order valence-corrected chi connectivity index (χ4v) is 1.72. The third-order valence-corrected chi connectivity index (χ3v) is 2.56. The van der Waals surface area contributed by atoms with Gasteiger partial charge in [-0.3, -0.25) is 4.79 Å². The van der Waals surface area contributed by atoms with Crippen molar-refractivity contribution in [3.63, 3.8) is 0 Å². The van der Waals surface area contributed by atoms with Gasteiger partial charge in [0.15, 0.2) is 5.82 Å². The number of aromatic nitrogens is 2. The van der Waals surface area contributed by atoms with Crippen LogP contribution in [0.2, 0.25) is 5.28 Å². The third-order valence-electron chi connectivity index (χ3n) is 2.38. The Kier molecular flexibility index (Phi) is 3.09. The van der Waals surface area contributed by atoms with E-state index in [0.717, 1.165) is 0 Å². The molecule has 0 bridgehead atoms. The number of nitrogens with one attached hydrogen (secondary N) is 1. The van der Waals surface area contributed by atoms with Gasteiger partial charge in [0.1, 0.15) is 0 Å². The van der Waals surface area contributed by atoms with Gasteiger partial charge in [-0.1, -0.05) is 0 Å². The molecule has 0 aliphatic carbocycles. The lowest BCUT2D eigenvalue weighted by molar-refractivity contribution is -0.120. The maximum Gasteiger partial charge on any atom is 0.224 e. The van der Waals surface area contributed by atoms with Gasteiger partial charge in [-0.2, -0.15) is 4.98 Å². The zero-order valence-corrected chi connectivity index (χ0v) is 9.37. The molecule has 0 aromatic carbocycles. The first-order chi connectivity index (χ1) is 7.66. The van der Waals surface area contributed by atoms with Crippen LogP contribution < -0.4 is 16.0 Å². The van der Waals surface area contributed by atoms with Crippen LogP contribution in [0.5, 0.6) is 0 Å². The number of nitrogens with zero attached hydrogens (tertiary/aromatic N) is 3. The topological polar surface area (TPSA) is 84.1 Å². The lowest BCUT2D eigenvalue weighted by atomic mass is 10.3. The van der Waals surface area contributed by atoms with E-state index in [9.17, 15) is 4.79 Å². The molecule has 2 rings (SSSR count). The average molecular weight is 242 g/mol. The maximum absolute atomic E-state index is 11.2. The van der Waals surface area contributed by atoms with Crippen molar-refractivity contribution in [2.45, 2.75) is 6.42 Å². The first-order valence-electron chi connectivity index (χ1n) is 4.96. The van der Waals surface area contributed by atoms with Gasteiger partial charge in [0.2, 0.25) is 11.2 Å². The number of anilines is 2. The molecule has 1 saturated heterocycles. The van der Waals surface area contributed by atoms with Crippen LogP contribution in [0.3, 0.4) is 0 Å². The van der Waals surface area contributed by atoms with Crippen molar-refractivity contribution in [1.29, 1.82) is 0 Å². The van der Waals surface area contributed by atoms with Crippen LogP contribution in [0.25, 0.3) is 0 Å². The summed E-state index contributed by atoms with van der Waals surface area (Å²) in [5.41, 5.74) is 6.25. The molecule has 1 aliphatic rings. The smallest absolute Gasteiger partial charge is 0.224 e. The molecule has 1 aromatic rings. The fraction of sp³-hybridized carbons (Fsp3) is 0.444. The summed E-state index contributed by atoms with van der Waals surface area (Å²) in [6.45, 7) is 1.84. The molecule has 0 radical (unpaired) electrons. The quantitative estimate of drug-likeness (QED) is 0.678. The first-order valence-corrected chi connectivity index (χ1v) is 5.34. The molecule has 16 heavy (non-hydrogen) atoms. The Morgan fingerprint density at radius 2 is 2.31 bits per heavy atom. The van der Waals surface area contributed by atoms with Gasteiger partial charge in [-0.25, -0.2) is 4.98 Å². The molecule has 86 valence electrons. The lowest BCUT2D eigenvalue weighted by Gasteiger charge is -2.21. The minimum absolute atomic E-state index is 0.0428. The number of carbonyl (C=O) groups is 1. The van der Waals surface area contributed by atoms with Gasteiger partial charge in [0.05, 0.1) is 11.9 Å². The van der Waals surface area contributed by atoms with Crippen molar-refractivity contribution in [2.75, 3.05) is 30.3 Å². The summed E-state index contributed by atoms with van der Waals surface area (Å²) in [4.78, 5) is 21.0. The van der Waals surface area contributed by atoms with E-state index in [1.165, 1.54) is 6.20 Å². The Balaban J connectivity index is 2.22. The largest absolute Gasteiger partial charge is 0.394 e. The summed E-state index contributed by atoms with van der Waals surface area (Å²) < 4.78 is 0. The Morgan fingerprint density at radius 3 is 3.12 bits per heavy atom. The second-order valence-corrected chi connectivity index (χ2v) is 3.84. The average Bonchev–Trinajstić information content (AvgIpc) is 2.47. The number of hydrogen-bond acceptors (Lipinski definition) is 5. The van der Waals surface area contributed by atoms with Crippen molar-refractivity contribution < 1.29 is 4.79 Å². The van der Waals surface area contributed by atoms with E-state index >= 15 is 0 Å². The van der Waals surface area contributed by atoms with Gasteiger partial charge in [0.25, 0.3) is 0 Å². The Hall–Kier alpha value is -1.56. The molecule has 3 N–H and O–H groups in total. The van der Waals surface area contributed by atoms with Crippen molar-refractivity contribution in [2.24, 2.45) is 0 Å². The van der Waals surface area contributed by atoms with Crippen LogP contribution >= 0.6 is 11.6 Å². The molecule has 0 saturated carbocycles. The number of nitrogens with two attached hydrogens (primary N) is 1. The van der Waals surface area contributed by atoms with Crippen LogP contribution in [-0.2, 0) is 4.79 Å². The van der Waals surface area contributed by atoms with Crippen LogP contribution in [0.1, 0.15) is 6.42 Å². The van der Waals surface area contributed by atoms with Gasteiger partial charge >= 0.3 is 0 Å². The molecule has 1 aromatic heterocycles. The molecule has 0 spiro atoms. The number of hydrogen-bond donors (Lipinski definition) is 2. The highest BCUT2D eigenvalue weighted by atomic mass is 35.5. The van der Waals surface area contributed by atoms with Gasteiger partial charge in [0, 0.05) is 26.1 Å². The van der Waals surface area contributed by atoms with Gasteiger partial charge in [-0.15, -0.1) is 0 Å². The minimum atomic E-state index is 0.0428. The van der Waals surface area contributed by atoms with E-state index in [-0.39, 0.29) is 11.2 Å². The van der Waals surface area contributed by atoms with Crippen LogP contribution in [0.4, 0.5) is 11.5 Å². The van der Waals surface area contributed by atoms with E-state index in [1.807, 2.05) is 4.90 Å². The highest BCUT2D eigenvalue weighted by molar-refractivity contribution is 6.28. The summed E-state index contributed by atoms with van der Waals surface area (Å²) >= 11 is 5.72. The zero-order chi connectivity index (χ0) is 11.5. The second-order valence-electron chi connectivity index (χ2n) is 3.50. The van der Waals surface area contributed by atoms with E-state index in [4.69, 9.17) is 17.3 Å². The van der Waals surface area contributed by atoms with Crippen LogP contribution in [0.15, 0.2) is 6.20 Å². The molecule has 7 heteroatoms. The van der Waals surface area contributed by atoms with E-state index < -0.39 is 0 Å². The maximum atomic E-state index is 11.2. The first kappa shape index (κ1) is 10.9. The predicted molar refractivity (Wildman–Crippen MR) is 61.3 cm³/mol. The molecule has 2 heterocycles. The number of carbonyl (C=O) groups excluding carboxylic acids is 1. The van der Waals surface area contributed by atoms with Gasteiger partial charge in [-0.05, 0) is 11.6 Å². The molecule has 1 aliphatic heterocycles. The van der Waals surface area contributed by atoms with E-state index in [2.05, 4.69) is 15.3 Å². The highest BCUT2D eigenvalue weighted by Gasteiger charge is 2.17. The Bertz CT molecular complexity index is 411. The SMILES string of the molecule is Nc1cnc(Cl)nc1N1CCNC(=O)CC1. The molecular weight excluding hydrogens is 230 g/mol. The molecule has 1 fully saturated rings. The summed E-state index contributed by atoms with van der Waals surface area (Å²) in [6.07, 6.45) is 1.91. The van der Waals surface area contributed by atoms with E-state index in [1.54, 1.807) is 0 Å². The second kappa shape index (κ2) is 4.52. The van der Waals surface area contributed by atoms with Crippen molar-refractivity contribution in [1.82, 2.24) is 15.3 Å². The molecule has 6 nitrogen and oxygen atoms in total. The molecule has 0 unspecified atom stereocenters. The minimum Gasteiger partial charge on any atom is -0.394 e. The monoisotopic (exact) mass is 241 g/mol. The number of rotatable bonds is 1. The number of halogens is 1. The number of amides is 1. The zero-order valence-electron chi connectivity index (χ0n) is 8.61. The summed E-state index contributed by atoms with van der Waals surface area (Å²) in [5.74, 6) is 0.637.